The van der Waals surface area contributed by atoms with Gasteiger partial charge in [-0.05, 0) is 6.42 Å². The lowest BCUT2D eigenvalue weighted by Crippen LogP contribution is -2.65. The molecule has 0 aliphatic heterocycles. The van der Waals surface area contributed by atoms with Crippen molar-refractivity contribution in [3.63, 3.8) is 0 Å². The molecular formula is C12H18F10P+. The van der Waals surface area contributed by atoms with Crippen LogP contribution in [0.1, 0.15) is 45.4 Å². The molecule has 0 aromatic rings. The Morgan fingerprint density at radius 1 is 0.609 bits per heavy atom. The van der Waals surface area contributed by atoms with Gasteiger partial charge in [-0.3, -0.25) is 0 Å². The number of hydrogen-bond acceptors (Lipinski definition) is 0. The molecule has 11 heteroatoms. The van der Waals surface area contributed by atoms with E-state index in [2.05, 4.69) is 0 Å². The Balaban J connectivity index is 5.26. The van der Waals surface area contributed by atoms with Gasteiger partial charge in [0.25, 0.3) is 5.41 Å². The van der Waals surface area contributed by atoms with E-state index in [-0.39, 0.29) is 22.1 Å². The smallest absolute Gasteiger partial charge is 0.193 e. The molecule has 0 aromatic carbocycles. The number of halogens is 10. The van der Waals surface area contributed by atoms with Gasteiger partial charge in [0.05, 0.1) is 0 Å². The summed E-state index contributed by atoms with van der Waals surface area (Å²) in [4.78, 5) is 0. The summed E-state index contributed by atoms with van der Waals surface area (Å²) in [5, 5.41) is -4.18. The zero-order chi connectivity index (χ0) is 18.7. The molecule has 0 aliphatic carbocycles. The Morgan fingerprint density at radius 2 is 1.04 bits per heavy atom. The van der Waals surface area contributed by atoms with Crippen LogP contribution in [0.15, 0.2) is 0 Å². The van der Waals surface area contributed by atoms with Gasteiger partial charge in [0.2, 0.25) is 0 Å². The molecule has 0 N–H and O–H groups in total. The second kappa shape index (κ2) is 7.31. The molecule has 0 bridgehead atoms. The van der Waals surface area contributed by atoms with Crippen LogP contribution in [-0.2, 0) is 0 Å². The second-order valence-corrected chi connectivity index (χ2v) is 6.47. The van der Waals surface area contributed by atoms with Crippen molar-refractivity contribution in [3.8, 4) is 0 Å². The largest absolute Gasteiger partial charge is 0.460 e. The highest BCUT2D eigenvalue weighted by molar-refractivity contribution is 7.18. The van der Waals surface area contributed by atoms with E-state index in [1.165, 1.54) is 0 Å². The van der Waals surface area contributed by atoms with Crippen LogP contribution in [0, 0.1) is 0 Å². The van der Waals surface area contributed by atoms with Crippen LogP contribution in [-0.4, -0.2) is 29.4 Å². The molecule has 140 valence electrons. The molecule has 0 fully saturated rings. The molecule has 0 saturated heterocycles. The average molecular weight is 383 g/mol. The SMILES string of the molecule is CCCCCCCC(F)([PH3+])C(F)(F)C(F)(F)C(F)(F)C(F)(F)F. The van der Waals surface area contributed by atoms with Gasteiger partial charge in [0.1, 0.15) is 0 Å². The van der Waals surface area contributed by atoms with Gasteiger partial charge in [-0.2, -0.15) is 43.9 Å². The van der Waals surface area contributed by atoms with Crippen molar-refractivity contribution in [1.82, 2.24) is 0 Å². The minimum Gasteiger partial charge on any atom is -0.193 e. The maximum Gasteiger partial charge on any atom is 0.460 e. The molecule has 0 radical (unpaired) electrons. The third-order valence-electron chi connectivity index (χ3n) is 3.38. The van der Waals surface area contributed by atoms with Crippen LogP contribution in [0.2, 0.25) is 0 Å². The minimum atomic E-state index is -7.05. The maximum atomic E-state index is 13.9. The molecule has 0 saturated carbocycles. The Morgan fingerprint density at radius 3 is 1.43 bits per heavy atom. The van der Waals surface area contributed by atoms with E-state index in [0.717, 1.165) is 6.42 Å². The van der Waals surface area contributed by atoms with E-state index in [0.29, 0.717) is 12.8 Å². The molecule has 0 nitrogen and oxygen atoms in total. The third kappa shape index (κ3) is 4.42. The molecule has 0 spiro atoms. The maximum absolute atomic E-state index is 13.9. The number of unbranched alkanes of at least 4 members (excludes halogenated alkanes) is 4. The number of alkyl halides is 10. The van der Waals surface area contributed by atoms with Gasteiger partial charge in [-0.1, -0.05) is 32.6 Å². The highest BCUT2D eigenvalue weighted by atomic mass is 31.0. The summed E-state index contributed by atoms with van der Waals surface area (Å²) in [6.07, 6.45) is -6.43. The fraction of sp³-hybridized carbons (Fsp3) is 1.00. The summed E-state index contributed by atoms with van der Waals surface area (Å²) < 4.78 is 128. The van der Waals surface area contributed by atoms with E-state index in [1.807, 2.05) is 6.92 Å². The first kappa shape index (κ1) is 22.7. The zero-order valence-corrected chi connectivity index (χ0v) is 13.6. The lowest BCUT2D eigenvalue weighted by molar-refractivity contribution is -0.405. The number of rotatable bonds is 9. The highest BCUT2D eigenvalue weighted by Crippen LogP contribution is 2.59. The lowest BCUT2D eigenvalue weighted by atomic mass is 9.95. The molecule has 0 amide bonds. The van der Waals surface area contributed by atoms with Crippen molar-refractivity contribution in [2.45, 2.75) is 74.8 Å². The van der Waals surface area contributed by atoms with E-state index in [4.69, 9.17) is 0 Å². The van der Waals surface area contributed by atoms with Crippen molar-refractivity contribution in [1.29, 1.82) is 0 Å². The Kier molecular flexibility index (Phi) is 7.23. The summed E-state index contributed by atoms with van der Waals surface area (Å²) in [5.74, 6) is -20.1. The van der Waals surface area contributed by atoms with Crippen LogP contribution in [0.3, 0.4) is 0 Å². The molecule has 23 heavy (non-hydrogen) atoms. The van der Waals surface area contributed by atoms with E-state index in [1.54, 1.807) is 0 Å². The Hall–Kier alpha value is -0.270. The van der Waals surface area contributed by atoms with Gasteiger partial charge < -0.3 is 0 Å². The minimum absolute atomic E-state index is 0.176. The summed E-state index contributed by atoms with van der Waals surface area (Å²) in [5.41, 5.74) is 0. The fourth-order valence-corrected chi connectivity index (χ4v) is 2.29. The summed E-state index contributed by atoms with van der Waals surface area (Å²) in [7, 11) is -0.336. The van der Waals surface area contributed by atoms with Gasteiger partial charge >= 0.3 is 23.9 Å². The standard InChI is InChI=1S/C12H17F10P/c1-2-3-4-5-6-7-8(13,23)9(14,15)10(16,17)11(18,19)12(20,21)22/h2-7,23H2,1H3/p+1. The molecule has 2 unspecified atom stereocenters. The zero-order valence-electron chi connectivity index (χ0n) is 12.2. The predicted octanol–water partition coefficient (Wildman–Crippen LogP) is 6.09. The molecule has 0 rings (SSSR count). The highest BCUT2D eigenvalue weighted by Gasteiger charge is 2.86. The predicted molar refractivity (Wildman–Crippen MR) is 69.2 cm³/mol. The first-order valence-electron chi connectivity index (χ1n) is 6.80. The van der Waals surface area contributed by atoms with Crippen LogP contribution >= 0.6 is 9.24 Å². The normalized spacial score (nSPS) is 17.3. The fourth-order valence-electron chi connectivity index (χ4n) is 1.82. The summed E-state index contributed by atoms with van der Waals surface area (Å²) >= 11 is 0. The number of hydrogen-bond donors (Lipinski definition) is 0. The molecule has 2 atom stereocenters. The van der Waals surface area contributed by atoms with E-state index in [9.17, 15) is 43.9 Å². The first-order valence-corrected chi connectivity index (χ1v) is 7.51. The Bertz CT molecular complexity index is 375. The van der Waals surface area contributed by atoms with Crippen molar-refractivity contribution in [3.05, 3.63) is 0 Å². The third-order valence-corrected chi connectivity index (χ3v) is 4.18. The van der Waals surface area contributed by atoms with Crippen LogP contribution < -0.4 is 0 Å². The van der Waals surface area contributed by atoms with Gasteiger partial charge in [0, 0.05) is 15.7 Å². The summed E-state index contributed by atoms with van der Waals surface area (Å²) in [6.45, 7) is 1.81. The monoisotopic (exact) mass is 383 g/mol. The topological polar surface area (TPSA) is 0 Å². The quantitative estimate of drug-likeness (QED) is 0.257. The van der Waals surface area contributed by atoms with E-state index >= 15 is 0 Å². The molecular weight excluding hydrogens is 365 g/mol. The molecule has 0 heterocycles. The van der Waals surface area contributed by atoms with Gasteiger partial charge in [-0.25, -0.2) is 0 Å². The van der Waals surface area contributed by atoms with E-state index < -0.39 is 35.8 Å². The van der Waals surface area contributed by atoms with Crippen molar-refractivity contribution in [2.75, 3.05) is 0 Å². The van der Waals surface area contributed by atoms with Crippen molar-refractivity contribution in [2.24, 2.45) is 0 Å². The molecule has 0 aliphatic rings. The first-order chi connectivity index (χ1) is 10.1. The van der Waals surface area contributed by atoms with Crippen LogP contribution in [0.25, 0.3) is 0 Å². The van der Waals surface area contributed by atoms with Crippen molar-refractivity contribution >= 4 is 9.24 Å². The Labute approximate surface area is 129 Å². The van der Waals surface area contributed by atoms with Gasteiger partial charge in [0.15, 0.2) is 0 Å². The average Bonchev–Trinajstić information content (AvgIpc) is 2.36. The molecule has 0 aromatic heterocycles. The van der Waals surface area contributed by atoms with Crippen LogP contribution in [0.5, 0.6) is 0 Å². The van der Waals surface area contributed by atoms with Crippen molar-refractivity contribution < 1.29 is 43.9 Å². The lowest BCUT2D eigenvalue weighted by Gasteiger charge is -2.37. The summed E-state index contributed by atoms with van der Waals surface area (Å²) in [6, 6.07) is 0. The second-order valence-electron chi connectivity index (χ2n) is 5.35. The van der Waals surface area contributed by atoms with Gasteiger partial charge in [-0.15, -0.1) is 0 Å². The van der Waals surface area contributed by atoms with Crippen LogP contribution in [0.4, 0.5) is 43.9 Å².